The number of benzene rings is 1. The summed E-state index contributed by atoms with van der Waals surface area (Å²) in [5.74, 6) is 0.642. The summed E-state index contributed by atoms with van der Waals surface area (Å²) in [5.41, 5.74) is 0.455. The normalized spacial score (nSPS) is 10.3. The fraction of sp³-hybridized carbons (Fsp3) is 0.500. The molecule has 0 spiro atoms. The van der Waals surface area contributed by atoms with Crippen LogP contribution in [-0.2, 0) is 4.79 Å². The van der Waals surface area contributed by atoms with Gasteiger partial charge in [0.05, 0.1) is 20.8 Å². The minimum Gasteiger partial charge on any atom is -0.493 e. The molecule has 0 heterocycles. The Kier molecular flexibility index (Phi) is 6.69. The summed E-state index contributed by atoms with van der Waals surface area (Å²) < 4.78 is 10.4. The Balaban J connectivity index is 2.90. The van der Waals surface area contributed by atoms with Gasteiger partial charge in [-0.15, -0.1) is 0 Å². The zero-order chi connectivity index (χ0) is 16.7. The Hall–Kier alpha value is -2.24. The summed E-state index contributed by atoms with van der Waals surface area (Å²) in [6.07, 6.45) is 0. The van der Waals surface area contributed by atoms with E-state index in [1.54, 1.807) is 18.2 Å². The van der Waals surface area contributed by atoms with E-state index in [1.165, 1.54) is 19.1 Å². The molecule has 0 aliphatic rings. The molecular weight excluding hydrogens is 284 g/mol. The Morgan fingerprint density at radius 1 is 1.18 bits per heavy atom. The third-order valence-corrected chi connectivity index (χ3v) is 3.08. The topological polar surface area (TPSA) is 67.9 Å². The van der Waals surface area contributed by atoms with Gasteiger partial charge >= 0.3 is 0 Å². The Bertz CT molecular complexity index is 529. The number of carbonyl (C=O) groups excluding carboxylic acids is 2. The fourth-order valence-corrected chi connectivity index (χ4v) is 2.02. The van der Waals surface area contributed by atoms with E-state index >= 15 is 0 Å². The zero-order valence-electron chi connectivity index (χ0n) is 13.8. The highest BCUT2D eigenvalue weighted by Crippen LogP contribution is 2.28. The lowest BCUT2D eigenvalue weighted by atomic mass is 10.1. The third kappa shape index (κ3) is 4.65. The van der Waals surface area contributed by atoms with Gasteiger partial charge in [0.2, 0.25) is 5.91 Å². The van der Waals surface area contributed by atoms with Crippen molar-refractivity contribution < 1.29 is 19.1 Å². The molecule has 0 aliphatic heterocycles. The average molecular weight is 308 g/mol. The molecular formula is C16H24N2O4. The summed E-state index contributed by atoms with van der Waals surface area (Å²) in [6, 6.07) is 4.99. The van der Waals surface area contributed by atoms with Crippen molar-refractivity contribution in [1.29, 1.82) is 0 Å². The van der Waals surface area contributed by atoms with E-state index in [1.807, 2.05) is 20.8 Å². The van der Waals surface area contributed by atoms with Gasteiger partial charge in [-0.25, -0.2) is 0 Å². The lowest BCUT2D eigenvalue weighted by Gasteiger charge is -2.21. The molecule has 122 valence electrons. The van der Waals surface area contributed by atoms with Crippen molar-refractivity contribution in [2.75, 3.05) is 27.3 Å². The molecule has 0 aromatic heterocycles. The van der Waals surface area contributed by atoms with Crippen LogP contribution in [0.3, 0.4) is 0 Å². The van der Waals surface area contributed by atoms with Crippen LogP contribution in [0.2, 0.25) is 0 Å². The zero-order valence-corrected chi connectivity index (χ0v) is 13.8. The number of hydrogen-bond acceptors (Lipinski definition) is 4. The summed E-state index contributed by atoms with van der Waals surface area (Å²) in [5, 5.41) is 2.78. The van der Waals surface area contributed by atoms with Crippen LogP contribution in [0, 0.1) is 0 Å². The first-order chi connectivity index (χ1) is 10.4. The number of hydrogen-bond donors (Lipinski definition) is 1. The number of nitrogens with zero attached hydrogens (tertiary/aromatic N) is 1. The molecule has 2 amide bonds. The van der Waals surface area contributed by atoms with Crippen LogP contribution in [0.5, 0.6) is 11.5 Å². The number of amides is 2. The Morgan fingerprint density at radius 2 is 1.82 bits per heavy atom. The van der Waals surface area contributed by atoms with Gasteiger partial charge in [0, 0.05) is 18.2 Å². The molecule has 0 bridgehead atoms. The summed E-state index contributed by atoms with van der Waals surface area (Å²) in [6.45, 7) is 6.07. The molecule has 0 unspecified atom stereocenters. The molecule has 0 aliphatic carbocycles. The number of ether oxygens (including phenoxy) is 2. The van der Waals surface area contributed by atoms with Crippen LogP contribution >= 0.6 is 0 Å². The van der Waals surface area contributed by atoms with E-state index < -0.39 is 0 Å². The van der Waals surface area contributed by atoms with Gasteiger partial charge in [-0.3, -0.25) is 9.59 Å². The molecule has 0 atom stereocenters. The van der Waals surface area contributed by atoms with E-state index in [9.17, 15) is 9.59 Å². The maximum absolute atomic E-state index is 12.5. The number of likely N-dealkylation sites (N-methyl/N-ethyl adjacent to an activating group) is 1. The van der Waals surface area contributed by atoms with Crippen molar-refractivity contribution in [3.05, 3.63) is 23.8 Å². The molecule has 1 rings (SSSR count). The van der Waals surface area contributed by atoms with Crippen molar-refractivity contribution in [3.63, 3.8) is 0 Å². The van der Waals surface area contributed by atoms with Crippen LogP contribution in [0.25, 0.3) is 0 Å². The SMILES string of the molecule is CCN(CC(=O)NC(C)C)C(=O)c1ccc(OC)c(OC)c1. The van der Waals surface area contributed by atoms with Gasteiger partial charge in [-0.2, -0.15) is 0 Å². The highest BCUT2D eigenvalue weighted by Gasteiger charge is 2.19. The van der Waals surface area contributed by atoms with Gasteiger partial charge in [-0.1, -0.05) is 0 Å². The minimum atomic E-state index is -0.220. The molecule has 0 fully saturated rings. The summed E-state index contributed by atoms with van der Waals surface area (Å²) in [7, 11) is 3.05. The second-order valence-electron chi connectivity index (χ2n) is 5.11. The number of methoxy groups -OCH3 is 2. The van der Waals surface area contributed by atoms with E-state index in [0.29, 0.717) is 23.6 Å². The first-order valence-electron chi connectivity index (χ1n) is 7.23. The van der Waals surface area contributed by atoms with Crippen LogP contribution in [-0.4, -0.2) is 50.1 Å². The van der Waals surface area contributed by atoms with Crippen molar-refractivity contribution >= 4 is 11.8 Å². The van der Waals surface area contributed by atoms with Gasteiger partial charge in [0.15, 0.2) is 11.5 Å². The number of rotatable bonds is 7. The number of nitrogens with one attached hydrogen (secondary N) is 1. The molecule has 0 radical (unpaired) electrons. The first kappa shape index (κ1) is 17.8. The highest BCUT2D eigenvalue weighted by atomic mass is 16.5. The minimum absolute atomic E-state index is 0.0296. The van der Waals surface area contributed by atoms with Crippen molar-refractivity contribution in [3.8, 4) is 11.5 Å². The predicted octanol–water partition coefficient (Wildman–Crippen LogP) is 1.69. The van der Waals surface area contributed by atoms with E-state index in [4.69, 9.17) is 9.47 Å². The maximum atomic E-state index is 12.5. The maximum Gasteiger partial charge on any atom is 0.254 e. The molecule has 0 saturated heterocycles. The molecule has 0 saturated carbocycles. The molecule has 1 N–H and O–H groups in total. The smallest absolute Gasteiger partial charge is 0.254 e. The largest absolute Gasteiger partial charge is 0.493 e. The van der Waals surface area contributed by atoms with Crippen molar-refractivity contribution in [2.24, 2.45) is 0 Å². The molecule has 6 nitrogen and oxygen atoms in total. The molecule has 22 heavy (non-hydrogen) atoms. The average Bonchev–Trinajstić information content (AvgIpc) is 2.50. The lowest BCUT2D eigenvalue weighted by molar-refractivity contribution is -0.122. The number of carbonyl (C=O) groups is 2. The van der Waals surface area contributed by atoms with Crippen molar-refractivity contribution in [2.45, 2.75) is 26.8 Å². The predicted molar refractivity (Wildman–Crippen MR) is 84.4 cm³/mol. The van der Waals surface area contributed by atoms with E-state index in [-0.39, 0.29) is 24.4 Å². The fourth-order valence-electron chi connectivity index (χ4n) is 2.02. The van der Waals surface area contributed by atoms with Crippen LogP contribution in [0.4, 0.5) is 0 Å². The van der Waals surface area contributed by atoms with Gasteiger partial charge < -0.3 is 19.7 Å². The molecule has 1 aromatic rings. The second-order valence-corrected chi connectivity index (χ2v) is 5.11. The Morgan fingerprint density at radius 3 is 2.32 bits per heavy atom. The monoisotopic (exact) mass is 308 g/mol. The quantitative estimate of drug-likeness (QED) is 0.832. The van der Waals surface area contributed by atoms with Gasteiger partial charge in [0.1, 0.15) is 0 Å². The molecule has 1 aromatic carbocycles. The van der Waals surface area contributed by atoms with Crippen LogP contribution in [0.1, 0.15) is 31.1 Å². The van der Waals surface area contributed by atoms with Gasteiger partial charge in [-0.05, 0) is 39.0 Å². The van der Waals surface area contributed by atoms with Crippen LogP contribution in [0.15, 0.2) is 18.2 Å². The van der Waals surface area contributed by atoms with E-state index in [2.05, 4.69) is 5.32 Å². The Labute approximate surface area is 131 Å². The summed E-state index contributed by atoms with van der Waals surface area (Å²) >= 11 is 0. The van der Waals surface area contributed by atoms with Crippen LogP contribution < -0.4 is 14.8 Å². The second kappa shape index (κ2) is 8.26. The highest BCUT2D eigenvalue weighted by molar-refractivity contribution is 5.97. The standard InChI is InChI=1S/C16H24N2O4/c1-6-18(10-15(19)17-11(2)3)16(20)12-7-8-13(21-4)14(9-12)22-5/h7-9,11H,6,10H2,1-5H3,(H,17,19). The third-order valence-electron chi connectivity index (χ3n) is 3.08. The first-order valence-corrected chi connectivity index (χ1v) is 7.23. The lowest BCUT2D eigenvalue weighted by Crippen LogP contribution is -2.42. The molecule has 6 heteroatoms. The van der Waals surface area contributed by atoms with E-state index in [0.717, 1.165) is 0 Å². The van der Waals surface area contributed by atoms with Crippen molar-refractivity contribution in [1.82, 2.24) is 10.2 Å². The summed E-state index contributed by atoms with van der Waals surface area (Å²) in [4.78, 5) is 25.8. The van der Waals surface area contributed by atoms with Gasteiger partial charge in [0.25, 0.3) is 5.91 Å².